The number of anilines is 1. The molecule has 1 unspecified atom stereocenters. The van der Waals surface area contributed by atoms with E-state index < -0.39 is 0 Å². The Morgan fingerprint density at radius 1 is 1.11 bits per heavy atom. The van der Waals surface area contributed by atoms with Gasteiger partial charge in [-0.15, -0.1) is 0 Å². The van der Waals surface area contributed by atoms with Gasteiger partial charge >= 0.3 is 0 Å². The molecule has 94 valence electrons. The summed E-state index contributed by atoms with van der Waals surface area (Å²) in [5.41, 5.74) is 2.27. The Kier molecular flexibility index (Phi) is 2.42. The van der Waals surface area contributed by atoms with E-state index in [1.807, 2.05) is 36.4 Å². The highest BCUT2D eigenvalue weighted by molar-refractivity contribution is 7.11. The maximum absolute atomic E-state index is 5.69. The molecule has 19 heavy (non-hydrogen) atoms. The van der Waals surface area contributed by atoms with Crippen molar-refractivity contribution < 1.29 is 4.74 Å². The van der Waals surface area contributed by atoms with Crippen LogP contribution < -0.4 is 10.1 Å². The number of fused-ring (bicyclic) bond motifs is 2. The van der Waals surface area contributed by atoms with Crippen molar-refractivity contribution in [1.29, 1.82) is 0 Å². The number of nitrogens with zero attached hydrogens (tertiary/aromatic N) is 1. The van der Waals surface area contributed by atoms with Gasteiger partial charge in [0.25, 0.3) is 0 Å². The normalized spacial score (nSPS) is 17.2. The van der Waals surface area contributed by atoms with Gasteiger partial charge in [-0.2, -0.15) is 4.37 Å². The van der Waals surface area contributed by atoms with Crippen LogP contribution in [0.4, 0.5) is 5.00 Å². The van der Waals surface area contributed by atoms with Crippen LogP contribution in [0.3, 0.4) is 0 Å². The fraction of sp³-hybridized carbons (Fsp3) is 0.133. The molecule has 3 aromatic rings. The van der Waals surface area contributed by atoms with Gasteiger partial charge < -0.3 is 10.1 Å². The molecule has 2 aromatic carbocycles. The highest BCUT2D eigenvalue weighted by Crippen LogP contribution is 2.37. The highest BCUT2D eigenvalue weighted by atomic mass is 32.1. The van der Waals surface area contributed by atoms with E-state index in [2.05, 4.69) is 21.8 Å². The number of hydrogen-bond acceptors (Lipinski definition) is 4. The number of aromatic nitrogens is 1. The standard InChI is InChI=1S/C15H12N2OS/c1-3-7-12-11(6-1)15(19-17-12)16-13-9-18-14-8-4-2-5-10(13)14/h1-8,13,16H,9H2. The van der Waals surface area contributed by atoms with Crippen LogP contribution in [-0.2, 0) is 0 Å². The molecule has 4 heteroatoms. The lowest BCUT2D eigenvalue weighted by atomic mass is 10.1. The Labute approximate surface area is 115 Å². The first-order chi connectivity index (χ1) is 9.42. The molecule has 0 saturated carbocycles. The van der Waals surface area contributed by atoms with Crippen LogP contribution in [0.25, 0.3) is 10.9 Å². The molecule has 0 radical (unpaired) electrons. The predicted octanol–water partition coefficient (Wildman–Crippen LogP) is 3.84. The zero-order valence-electron chi connectivity index (χ0n) is 10.2. The van der Waals surface area contributed by atoms with E-state index in [0.29, 0.717) is 6.61 Å². The fourth-order valence-corrected chi connectivity index (χ4v) is 3.25. The van der Waals surface area contributed by atoms with Crippen molar-refractivity contribution in [2.24, 2.45) is 0 Å². The summed E-state index contributed by atoms with van der Waals surface area (Å²) in [6, 6.07) is 16.6. The lowest BCUT2D eigenvalue weighted by molar-refractivity contribution is 0.340. The van der Waals surface area contributed by atoms with Gasteiger partial charge in [0.1, 0.15) is 17.4 Å². The second kappa shape index (κ2) is 4.24. The van der Waals surface area contributed by atoms with Gasteiger partial charge in [0.2, 0.25) is 0 Å². The van der Waals surface area contributed by atoms with E-state index in [4.69, 9.17) is 4.74 Å². The van der Waals surface area contributed by atoms with Crippen molar-refractivity contribution in [3.63, 3.8) is 0 Å². The van der Waals surface area contributed by atoms with E-state index in [1.54, 1.807) is 0 Å². The highest BCUT2D eigenvalue weighted by Gasteiger charge is 2.24. The summed E-state index contributed by atoms with van der Waals surface area (Å²) in [5, 5.41) is 5.84. The van der Waals surface area contributed by atoms with Crippen LogP contribution in [0.5, 0.6) is 5.75 Å². The van der Waals surface area contributed by atoms with E-state index in [9.17, 15) is 0 Å². The van der Waals surface area contributed by atoms with E-state index in [1.165, 1.54) is 22.5 Å². The lowest BCUT2D eigenvalue weighted by Crippen LogP contribution is -2.11. The van der Waals surface area contributed by atoms with Gasteiger partial charge in [-0.1, -0.05) is 30.3 Å². The number of rotatable bonds is 2. The minimum absolute atomic E-state index is 0.208. The summed E-state index contributed by atoms with van der Waals surface area (Å²) in [5.74, 6) is 0.980. The molecule has 0 spiro atoms. The number of benzene rings is 2. The summed E-state index contributed by atoms with van der Waals surface area (Å²) in [6.45, 7) is 0.672. The topological polar surface area (TPSA) is 34.1 Å². The molecule has 0 fully saturated rings. The van der Waals surface area contributed by atoms with Crippen molar-refractivity contribution in [3.8, 4) is 5.75 Å². The summed E-state index contributed by atoms with van der Waals surface area (Å²) >= 11 is 1.51. The Morgan fingerprint density at radius 2 is 1.95 bits per heavy atom. The summed E-state index contributed by atoms with van der Waals surface area (Å²) in [7, 11) is 0. The number of ether oxygens (including phenoxy) is 1. The molecule has 2 heterocycles. The minimum atomic E-state index is 0.208. The SMILES string of the molecule is c1ccc2c(c1)OCC2Nc1snc2ccccc12. The van der Waals surface area contributed by atoms with Gasteiger partial charge in [0, 0.05) is 10.9 Å². The van der Waals surface area contributed by atoms with Gasteiger partial charge in [0.15, 0.2) is 0 Å². The molecule has 1 atom stereocenters. The molecular weight excluding hydrogens is 256 g/mol. The molecular formula is C15H12N2OS. The first-order valence-corrected chi connectivity index (χ1v) is 7.02. The van der Waals surface area contributed by atoms with Gasteiger partial charge in [0.05, 0.1) is 11.6 Å². The van der Waals surface area contributed by atoms with Crippen LogP contribution >= 0.6 is 11.5 Å². The quantitative estimate of drug-likeness (QED) is 0.766. The van der Waals surface area contributed by atoms with E-state index >= 15 is 0 Å². The molecule has 1 aliphatic heterocycles. The van der Waals surface area contributed by atoms with Crippen LogP contribution in [0.15, 0.2) is 48.5 Å². The smallest absolute Gasteiger partial charge is 0.124 e. The first-order valence-electron chi connectivity index (χ1n) is 6.24. The fourth-order valence-electron chi connectivity index (χ4n) is 2.43. The second-order valence-electron chi connectivity index (χ2n) is 4.57. The zero-order chi connectivity index (χ0) is 12.7. The van der Waals surface area contributed by atoms with Crippen LogP contribution in [0, 0.1) is 0 Å². The van der Waals surface area contributed by atoms with Crippen LogP contribution in [-0.4, -0.2) is 11.0 Å². The molecule has 1 aliphatic rings. The van der Waals surface area contributed by atoms with Crippen LogP contribution in [0.1, 0.15) is 11.6 Å². The Balaban J connectivity index is 1.70. The average Bonchev–Trinajstić information content (AvgIpc) is 3.05. The second-order valence-corrected chi connectivity index (χ2v) is 5.35. The molecule has 1 N–H and O–H groups in total. The van der Waals surface area contributed by atoms with Gasteiger partial charge in [-0.05, 0) is 29.7 Å². The summed E-state index contributed by atoms with van der Waals surface area (Å²) < 4.78 is 10.1. The van der Waals surface area contributed by atoms with Crippen molar-refractivity contribution in [2.45, 2.75) is 6.04 Å². The molecule has 4 rings (SSSR count). The van der Waals surface area contributed by atoms with E-state index in [0.717, 1.165) is 16.3 Å². The predicted molar refractivity (Wildman–Crippen MR) is 77.9 cm³/mol. The van der Waals surface area contributed by atoms with Gasteiger partial charge in [-0.3, -0.25) is 0 Å². The molecule has 1 aromatic heterocycles. The van der Waals surface area contributed by atoms with Crippen molar-refractivity contribution in [3.05, 3.63) is 54.1 Å². The molecule has 3 nitrogen and oxygen atoms in total. The zero-order valence-corrected chi connectivity index (χ0v) is 11.0. The number of para-hydroxylation sites is 1. The third-order valence-electron chi connectivity index (χ3n) is 3.39. The monoisotopic (exact) mass is 268 g/mol. The number of hydrogen-bond donors (Lipinski definition) is 1. The lowest BCUT2D eigenvalue weighted by Gasteiger charge is -2.11. The first kappa shape index (κ1) is 10.8. The van der Waals surface area contributed by atoms with Crippen LogP contribution in [0.2, 0.25) is 0 Å². The molecule has 0 amide bonds. The maximum atomic E-state index is 5.69. The Hall–Kier alpha value is -2.07. The Bertz CT molecular complexity index is 738. The van der Waals surface area contributed by atoms with Crippen molar-refractivity contribution in [1.82, 2.24) is 4.37 Å². The summed E-state index contributed by atoms with van der Waals surface area (Å²) in [6.07, 6.45) is 0. The van der Waals surface area contributed by atoms with Crippen molar-refractivity contribution in [2.75, 3.05) is 11.9 Å². The molecule has 0 aliphatic carbocycles. The largest absolute Gasteiger partial charge is 0.491 e. The third kappa shape index (κ3) is 1.76. The minimum Gasteiger partial charge on any atom is -0.491 e. The van der Waals surface area contributed by atoms with Crippen molar-refractivity contribution >= 4 is 27.4 Å². The third-order valence-corrected chi connectivity index (χ3v) is 4.20. The average molecular weight is 268 g/mol. The van der Waals surface area contributed by atoms with Gasteiger partial charge in [-0.25, -0.2) is 0 Å². The summed E-state index contributed by atoms with van der Waals surface area (Å²) in [4.78, 5) is 0. The maximum Gasteiger partial charge on any atom is 0.124 e. The van der Waals surface area contributed by atoms with E-state index in [-0.39, 0.29) is 6.04 Å². The number of nitrogens with one attached hydrogen (secondary N) is 1. The molecule has 0 bridgehead atoms. The molecule has 0 saturated heterocycles. The Morgan fingerprint density at radius 3 is 2.95 bits per heavy atom.